The molecular formula is C20H22ClNO5. The molecule has 2 aromatic carbocycles. The van der Waals surface area contributed by atoms with Crippen LogP contribution in [0.1, 0.15) is 30.5 Å². The van der Waals surface area contributed by atoms with E-state index in [4.69, 9.17) is 26.2 Å². The molecule has 0 spiro atoms. The first kappa shape index (κ1) is 20.7. The van der Waals surface area contributed by atoms with Gasteiger partial charge in [-0.1, -0.05) is 35.9 Å². The zero-order chi connectivity index (χ0) is 19.8. The monoisotopic (exact) mass is 391 g/mol. The molecule has 7 heteroatoms. The molecule has 1 unspecified atom stereocenters. The van der Waals surface area contributed by atoms with Gasteiger partial charge in [0.25, 0.3) is 0 Å². The number of nitrogens with one attached hydrogen (secondary N) is 1. The summed E-state index contributed by atoms with van der Waals surface area (Å²) in [5.41, 5.74) is 1.53. The average Bonchev–Trinajstić information content (AvgIpc) is 2.66. The fraction of sp³-hybridized carbons (Fsp3) is 0.300. The fourth-order valence-corrected chi connectivity index (χ4v) is 2.60. The third-order valence-corrected chi connectivity index (χ3v) is 4.22. The van der Waals surface area contributed by atoms with Crippen LogP contribution in [0, 0.1) is 0 Å². The number of carboxylic acids is 1. The van der Waals surface area contributed by atoms with Crippen molar-refractivity contribution in [1.82, 2.24) is 5.32 Å². The van der Waals surface area contributed by atoms with Gasteiger partial charge >= 0.3 is 5.97 Å². The molecule has 0 saturated heterocycles. The van der Waals surface area contributed by atoms with Gasteiger partial charge in [0, 0.05) is 5.02 Å². The van der Waals surface area contributed by atoms with Crippen molar-refractivity contribution < 1.29 is 24.2 Å². The maximum absolute atomic E-state index is 12.4. The Balaban J connectivity index is 1.98. The van der Waals surface area contributed by atoms with Crippen molar-refractivity contribution in [1.29, 1.82) is 0 Å². The summed E-state index contributed by atoms with van der Waals surface area (Å²) in [6.45, 7) is 1.85. The minimum absolute atomic E-state index is 0.232. The summed E-state index contributed by atoms with van der Waals surface area (Å²) in [7, 11) is 1.58. The van der Waals surface area contributed by atoms with E-state index in [2.05, 4.69) is 5.32 Å². The number of amides is 1. The molecule has 2 rings (SSSR count). The SMILES string of the molecule is COc1cccc(COC(C)C(=O)N[C@@H](CC(=O)O)c2ccc(Cl)cc2)c1. The maximum Gasteiger partial charge on any atom is 0.305 e. The number of carboxylic acid groups (broad SMARTS) is 1. The molecule has 0 aliphatic rings. The van der Waals surface area contributed by atoms with E-state index in [9.17, 15) is 9.59 Å². The first-order valence-electron chi connectivity index (χ1n) is 8.41. The molecule has 2 N–H and O–H groups in total. The van der Waals surface area contributed by atoms with E-state index in [0.29, 0.717) is 16.3 Å². The molecule has 0 saturated carbocycles. The Hall–Kier alpha value is -2.57. The van der Waals surface area contributed by atoms with E-state index >= 15 is 0 Å². The second kappa shape index (κ2) is 9.94. The number of ether oxygens (including phenoxy) is 2. The summed E-state index contributed by atoms with van der Waals surface area (Å²) < 4.78 is 10.8. The molecule has 0 aliphatic carbocycles. The van der Waals surface area contributed by atoms with E-state index in [-0.39, 0.29) is 18.9 Å². The van der Waals surface area contributed by atoms with Crippen molar-refractivity contribution in [2.75, 3.05) is 7.11 Å². The highest BCUT2D eigenvalue weighted by molar-refractivity contribution is 6.30. The Morgan fingerprint density at radius 3 is 2.52 bits per heavy atom. The normalized spacial score (nSPS) is 12.9. The Bertz CT molecular complexity index is 778. The van der Waals surface area contributed by atoms with Gasteiger partial charge in [0.15, 0.2) is 0 Å². The quantitative estimate of drug-likeness (QED) is 0.682. The Labute approximate surface area is 163 Å². The summed E-state index contributed by atoms with van der Waals surface area (Å²) in [5.74, 6) is -0.697. The number of rotatable bonds is 9. The van der Waals surface area contributed by atoms with Gasteiger partial charge < -0.3 is 19.9 Å². The maximum atomic E-state index is 12.4. The summed E-state index contributed by atoms with van der Waals surface area (Å²) in [6.07, 6.45) is -0.990. The number of carbonyl (C=O) groups is 2. The number of carbonyl (C=O) groups excluding carboxylic acids is 1. The lowest BCUT2D eigenvalue weighted by atomic mass is 10.0. The summed E-state index contributed by atoms with van der Waals surface area (Å²) in [4.78, 5) is 23.6. The summed E-state index contributed by atoms with van der Waals surface area (Å²) in [5, 5.41) is 12.4. The second-order valence-corrected chi connectivity index (χ2v) is 6.45. The highest BCUT2D eigenvalue weighted by atomic mass is 35.5. The molecule has 0 aromatic heterocycles. The van der Waals surface area contributed by atoms with Crippen molar-refractivity contribution in [2.45, 2.75) is 32.1 Å². The highest BCUT2D eigenvalue weighted by Crippen LogP contribution is 2.20. The molecule has 2 aromatic rings. The van der Waals surface area contributed by atoms with Gasteiger partial charge in [0.2, 0.25) is 5.91 Å². The van der Waals surface area contributed by atoms with Crippen molar-refractivity contribution in [3.8, 4) is 5.75 Å². The standard InChI is InChI=1S/C20H22ClNO5/c1-13(27-12-14-4-3-5-17(10-14)26-2)20(25)22-18(11-19(23)24)15-6-8-16(21)9-7-15/h3-10,13,18H,11-12H2,1-2H3,(H,22,25)(H,23,24)/t13?,18-/m0/s1. The van der Waals surface area contributed by atoms with E-state index in [1.54, 1.807) is 38.3 Å². The van der Waals surface area contributed by atoms with Gasteiger partial charge in [-0.25, -0.2) is 0 Å². The molecule has 1 amide bonds. The van der Waals surface area contributed by atoms with E-state index < -0.39 is 18.1 Å². The molecule has 144 valence electrons. The van der Waals surface area contributed by atoms with Gasteiger partial charge in [0.1, 0.15) is 11.9 Å². The minimum atomic E-state index is -1.01. The van der Waals surface area contributed by atoms with Crippen LogP contribution in [0.4, 0.5) is 0 Å². The predicted molar refractivity (Wildman–Crippen MR) is 102 cm³/mol. The van der Waals surface area contributed by atoms with Crippen LogP contribution in [0.15, 0.2) is 48.5 Å². The van der Waals surface area contributed by atoms with Crippen molar-refractivity contribution in [3.05, 3.63) is 64.7 Å². The number of methoxy groups -OCH3 is 1. The third-order valence-electron chi connectivity index (χ3n) is 3.97. The lowest BCUT2D eigenvalue weighted by Gasteiger charge is -2.20. The molecule has 0 radical (unpaired) electrons. The molecule has 6 nitrogen and oxygen atoms in total. The van der Waals surface area contributed by atoms with Crippen molar-refractivity contribution in [2.24, 2.45) is 0 Å². The van der Waals surface area contributed by atoms with Crippen LogP contribution in [0.3, 0.4) is 0 Å². The van der Waals surface area contributed by atoms with Crippen molar-refractivity contribution >= 4 is 23.5 Å². The highest BCUT2D eigenvalue weighted by Gasteiger charge is 2.22. The van der Waals surface area contributed by atoms with Crippen LogP contribution < -0.4 is 10.1 Å². The molecule has 0 aliphatic heterocycles. The topological polar surface area (TPSA) is 84.9 Å². The van der Waals surface area contributed by atoms with Gasteiger partial charge in [-0.2, -0.15) is 0 Å². The fourth-order valence-electron chi connectivity index (χ4n) is 2.47. The van der Waals surface area contributed by atoms with Gasteiger partial charge in [-0.3, -0.25) is 9.59 Å². The number of halogens is 1. The zero-order valence-corrected chi connectivity index (χ0v) is 15.9. The van der Waals surface area contributed by atoms with Crippen molar-refractivity contribution in [3.63, 3.8) is 0 Å². The smallest absolute Gasteiger partial charge is 0.305 e. The Morgan fingerprint density at radius 2 is 1.89 bits per heavy atom. The minimum Gasteiger partial charge on any atom is -0.497 e. The summed E-state index contributed by atoms with van der Waals surface area (Å²) >= 11 is 5.87. The van der Waals surface area contributed by atoms with E-state index in [0.717, 1.165) is 5.56 Å². The Morgan fingerprint density at radius 1 is 1.19 bits per heavy atom. The molecular weight excluding hydrogens is 370 g/mol. The molecule has 2 atom stereocenters. The molecule has 27 heavy (non-hydrogen) atoms. The van der Waals surface area contributed by atoms with Crippen LogP contribution in [0.5, 0.6) is 5.75 Å². The van der Waals surface area contributed by atoms with Gasteiger partial charge in [-0.05, 0) is 42.3 Å². The van der Waals surface area contributed by atoms with Gasteiger partial charge in [0.05, 0.1) is 26.2 Å². The largest absolute Gasteiger partial charge is 0.497 e. The lowest BCUT2D eigenvalue weighted by molar-refractivity contribution is -0.138. The first-order valence-corrected chi connectivity index (χ1v) is 8.79. The molecule has 0 fully saturated rings. The van der Waals surface area contributed by atoms with Crippen LogP contribution in [0.25, 0.3) is 0 Å². The third kappa shape index (κ3) is 6.58. The number of benzene rings is 2. The van der Waals surface area contributed by atoms with Gasteiger partial charge in [-0.15, -0.1) is 0 Å². The zero-order valence-electron chi connectivity index (χ0n) is 15.1. The number of aliphatic carboxylic acids is 1. The second-order valence-electron chi connectivity index (χ2n) is 6.02. The molecule has 0 bridgehead atoms. The van der Waals surface area contributed by atoms with Crippen LogP contribution >= 0.6 is 11.6 Å². The average molecular weight is 392 g/mol. The lowest BCUT2D eigenvalue weighted by Crippen LogP contribution is -2.37. The Kier molecular flexibility index (Phi) is 7.64. The van der Waals surface area contributed by atoms with E-state index in [1.165, 1.54) is 0 Å². The number of hydrogen-bond donors (Lipinski definition) is 2. The molecule has 0 heterocycles. The first-order chi connectivity index (χ1) is 12.9. The van der Waals surface area contributed by atoms with Crippen LogP contribution in [-0.2, 0) is 20.9 Å². The van der Waals surface area contributed by atoms with E-state index in [1.807, 2.05) is 24.3 Å². The van der Waals surface area contributed by atoms with Crippen LogP contribution in [-0.4, -0.2) is 30.2 Å². The number of hydrogen-bond acceptors (Lipinski definition) is 4. The predicted octanol–water partition coefficient (Wildman–Crippen LogP) is 3.59. The van der Waals surface area contributed by atoms with Crippen LogP contribution in [0.2, 0.25) is 5.02 Å². The summed E-state index contributed by atoms with van der Waals surface area (Å²) in [6, 6.07) is 13.4.